The molecule has 5 nitrogen and oxygen atoms in total. The predicted octanol–water partition coefficient (Wildman–Crippen LogP) is 2.62. The maximum Gasteiger partial charge on any atom is 0.192 e. The van der Waals surface area contributed by atoms with Gasteiger partial charge in [-0.15, -0.1) is 30.4 Å². The van der Waals surface area contributed by atoms with Crippen molar-refractivity contribution in [3.8, 4) is 12.3 Å². The number of anilines is 1. The highest BCUT2D eigenvalue weighted by atomic mass is 127. The molecule has 0 bridgehead atoms. The number of hydrogen-bond donors (Lipinski definition) is 2. The van der Waals surface area contributed by atoms with Crippen molar-refractivity contribution in [2.75, 3.05) is 31.1 Å². The number of rotatable bonds is 5. The fraction of sp³-hybridized carbons (Fsp3) is 0.556. The van der Waals surface area contributed by atoms with Crippen LogP contribution in [0.2, 0.25) is 0 Å². The molecule has 2 rings (SSSR count). The molecule has 2 heterocycles. The summed E-state index contributed by atoms with van der Waals surface area (Å²) >= 11 is 0. The van der Waals surface area contributed by atoms with Gasteiger partial charge in [0.05, 0.1) is 13.1 Å². The van der Waals surface area contributed by atoms with Crippen molar-refractivity contribution < 1.29 is 0 Å². The van der Waals surface area contributed by atoms with Gasteiger partial charge in [0.2, 0.25) is 0 Å². The van der Waals surface area contributed by atoms with E-state index in [0.29, 0.717) is 13.1 Å². The van der Waals surface area contributed by atoms with Crippen molar-refractivity contribution >= 4 is 35.8 Å². The second-order valence-electron chi connectivity index (χ2n) is 5.95. The van der Waals surface area contributed by atoms with E-state index in [-0.39, 0.29) is 24.0 Å². The van der Waals surface area contributed by atoms with Crippen molar-refractivity contribution in [1.29, 1.82) is 0 Å². The smallest absolute Gasteiger partial charge is 0.192 e. The van der Waals surface area contributed by atoms with Crippen LogP contribution in [0.4, 0.5) is 5.82 Å². The Hall–Kier alpha value is -1.49. The molecule has 6 heteroatoms. The molecule has 2 N–H and O–H groups in total. The topological polar surface area (TPSA) is 52.6 Å². The molecule has 1 fully saturated rings. The molecule has 0 unspecified atom stereocenters. The van der Waals surface area contributed by atoms with Gasteiger partial charge in [-0.25, -0.2) is 9.98 Å². The summed E-state index contributed by atoms with van der Waals surface area (Å²) in [5.41, 5.74) is 1.09. The summed E-state index contributed by atoms with van der Waals surface area (Å²) in [4.78, 5) is 11.5. The first kappa shape index (κ1) is 20.6. The Morgan fingerprint density at radius 3 is 2.71 bits per heavy atom. The van der Waals surface area contributed by atoms with Crippen molar-refractivity contribution in [3.63, 3.8) is 0 Å². The first-order valence-corrected chi connectivity index (χ1v) is 8.38. The Kier molecular flexibility index (Phi) is 9.53. The lowest BCUT2D eigenvalue weighted by Crippen LogP contribution is -2.37. The number of nitrogens with one attached hydrogen (secondary N) is 2. The number of guanidine groups is 1. The maximum atomic E-state index is 5.27. The summed E-state index contributed by atoms with van der Waals surface area (Å²) in [6, 6.07) is 4.21. The zero-order chi connectivity index (χ0) is 16.5. The second kappa shape index (κ2) is 11.1. The molecule has 1 aromatic heterocycles. The Morgan fingerprint density at radius 2 is 2.12 bits per heavy atom. The lowest BCUT2D eigenvalue weighted by Gasteiger charge is -2.31. The average molecular weight is 441 g/mol. The summed E-state index contributed by atoms with van der Waals surface area (Å²) in [5.74, 6) is 5.19. The third-order valence-electron chi connectivity index (χ3n) is 4.04. The van der Waals surface area contributed by atoms with Crippen molar-refractivity contribution in [1.82, 2.24) is 15.6 Å². The minimum absolute atomic E-state index is 0. The fourth-order valence-corrected chi connectivity index (χ4v) is 2.58. The first-order chi connectivity index (χ1) is 11.2. The van der Waals surface area contributed by atoms with Gasteiger partial charge >= 0.3 is 0 Å². The van der Waals surface area contributed by atoms with Crippen LogP contribution in [0, 0.1) is 18.3 Å². The van der Waals surface area contributed by atoms with Gasteiger partial charge < -0.3 is 15.5 Å². The Morgan fingerprint density at radius 1 is 1.38 bits per heavy atom. The summed E-state index contributed by atoms with van der Waals surface area (Å²) in [6.45, 7) is 8.42. The van der Waals surface area contributed by atoms with E-state index in [1.807, 2.05) is 13.1 Å². The van der Waals surface area contributed by atoms with Crippen LogP contribution in [-0.4, -0.2) is 37.1 Å². The largest absolute Gasteiger partial charge is 0.357 e. The third-order valence-corrected chi connectivity index (χ3v) is 4.04. The van der Waals surface area contributed by atoms with Gasteiger partial charge in [0.1, 0.15) is 5.82 Å². The molecule has 1 aromatic rings. The van der Waals surface area contributed by atoms with Gasteiger partial charge in [0.25, 0.3) is 0 Å². The van der Waals surface area contributed by atoms with Gasteiger partial charge in [-0.2, -0.15) is 0 Å². The third kappa shape index (κ3) is 6.56. The molecule has 0 saturated carbocycles. The van der Waals surface area contributed by atoms with Gasteiger partial charge in [0.15, 0.2) is 5.96 Å². The molecule has 0 atom stereocenters. The monoisotopic (exact) mass is 441 g/mol. The number of aliphatic imine (C=N–C) groups is 1. The number of pyridine rings is 1. The van der Waals surface area contributed by atoms with Gasteiger partial charge in [-0.1, -0.05) is 18.9 Å². The van der Waals surface area contributed by atoms with Crippen LogP contribution in [0.5, 0.6) is 0 Å². The number of piperidine rings is 1. The number of terminal acetylenes is 1. The van der Waals surface area contributed by atoms with Crippen LogP contribution < -0.4 is 15.5 Å². The minimum Gasteiger partial charge on any atom is -0.357 e. The molecule has 24 heavy (non-hydrogen) atoms. The lowest BCUT2D eigenvalue weighted by molar-refractivity contribution is 0.436. The summed E-state index contributed by atoms with van der Waals surface area (Å²) in [5, 5.41) is 6.25. The second-order valence-corrected chi connectivity index (χ2v) is 5.95. The van der Waals surface area contributed by atoms with Crippen molar-refractivity contribution in [3.05, 3.63) is 23.9 Å². The molecular formula is C18H28IN5. The predicted molar refractivity (Wildman–Crippen MR) is 112 cm³/mol. The number of hydrogen-bond acceptors (Lipinski definition) is 3. The van der Waals surface area contributed by atoms with E-state index in [1.165, 1.54) is 12.8 Å². The Balaban J connectivity index is 0.00000288. The van der Waals surface area contributed by atoms with Crippen molar-refractivity contribution in [2.45, 2.75) is 33.2 Å². The van der Waals surface area contributed by atoms with E-state index in [2.05, 4.69) is 50.5 Å². The van der Waals surface area contributed by atoms with Gasteiger partial charge in [-0.05, 0) is 37.3 Å². The van der Waals surface area contributed by atoms with Crippen LogP contribution in [0.25, 0.3) is 0 Å². The molecule has 132 valence electrons. The Bertz CT molecular complexity index is 542. The van der Waals surface area contributed by atoms with Gasteiger partial charge in [-0.3, -0.25) is 0 Å². The number of nitrogens with zero attached hydrogens (tertiary/aromatic N) is 3. The molecule has 0 radical (unpaired) electrons. The molecular weight excluding hydrogens is 413 g/mol. The van der Waals surface area contributed by atoms with Crippen LogP contribution in [0.15, 0.2) is 23.3 Å². The maximum absolute atomic E-state index is 5.27. The number of aromatic nitrogens is 1. The first-order valence-electron chi connectivity index (χ1n) is 8.38. The molecule has 0 aromatic carbocycles. The van der Waals surface area contributed by atoms with Crippen LogP contribution in [-0.2, 0) is 6.54 Å². The molecule has 1 aliphatic rings. The highest BCUT2D eigenvalue weighted by molar-refractivity contribution is 14.0. The average Bonchev–Trinajstić information content (AvgIpc) is 2.58. The quantitative estimate of drug-likeness (QED) is 0.319. The minimum atomic E-state index is 0. The SMILES string of the molecule is C#CCNC(=NCc1ccc(N2CCC(C)CC2)nc1)NCC.I. The molecule has 0 spiro atoms. The van der Waals surface area contributed by atoms with Crippen LogP contribution in [0.3, 0.4) is 0 Å². The molecule has 0 amide bonds. The Labute approximate surface area is 162 Å². The summed E-state index contributed by atoms with van der Waals surface area (Å²) < 4.78 is 0. The molecule has 0 aliphatic carbocycles. The standard InChI is InChI=1S/C18H27N5.HI/c1-4-10-20-18(19-5-2)22-14-16-6-7-17(21-13-16)23-11-8-15(3)9-12-23;/h1,6-7,13,15H,5,8-12,14H2,2-3H3,(H2,19,20,22);1H. The lowest BCUT2D eigenvalue weighted by atomic mass is 9.99. The van der Waals surface area contributed by atoms with E-state index in [4.69, 9.17) is 6.42 Å². The van der Waals surface area contributed by atoms with Crippen LogP contribution in [0.1, 0.15) is 32.3 Å². The van der Waals surface area contributed by atoms with E-state index in [0.717, 1.165) is 42.9 Å². The summed E-state index contributed by atoms with van der Waals surface area (Å²) in [6.07, 6.45) is 9.69. The van der Waals surface area contributed by atoms with Crippen LogP contribution >= 0.6 is 24.0 Å². The normalized spacial score (nSPS) is 15.4. The van der Waals surface area contributed by atoms with E-state index in [9.17, 15) is 0 Å². The molecule has 1 saturated heterocycles. The fourth-order valence-electron chi connectivity index (χ4n) is 2.58. The van der Waals surface area contributed by atoms with Crippen molar-refractivity contribution in [2.24, 2.45) is 10.9 Å². The van der Waals surface area contributed by atoms with E-state index in [1.54, 1.807) is 0 Å². The van der Waals surface area contributed by atoms with E-state index >= 15 is 0 Å². The highest BCUT2D eigenvalue weighted by Crippen LogP contribution is 2.21. The zero-order valence-corrected chi connectivity index (χ0v) is 16.9. The highest BCUT2D eigenvalue weighted by Gasteiger charge is 2.16. The van der Waals surface area contributed by atoms with E-state index < -0.39 is 0 Å². The zero-order valence-electron chi connectivity index (χ0n) is 14.6. The number of halogens is 1. The van der Waals surface area contributed by atoms with Gasteiger partial charge in [0, 0.05) is 25.8 Å². The molecule has 1 aliphatic heterocycles. The summed E-state index contributed by atoms with van der Waals surface area (Å²) in [7, 11) is 0.